The predicted octanol–water partition coefficient (Wildman–Crippen LogP) is 2.49. The van der Waals surface area contributed by atoms with Gasteiger partial charge in [0.1, 0.15) is 15.9 Å². The molecule has 0 atom stereocenters. The zero-order chi connectivity index (χ0) is 14.6. The Morgan fingerprint density at radius 3 is 2.80 bits per heavy atom. The third kappa shape index (κ3) is 1.71. The van der Waals surface area contributed by atoms with E-state index in [-0.39, 0.29) is 17.5 Å². The van der Waals surface area contributed by atoms with E-state index in [1.54, 1.807) is 7.05 Å². The minimum Gasteiger partial charge on any atom is -0.481 e. The van der Waals surface area contributed by atoms with Gasteiger partial charge in [0.15, 0.2) is 5.82 Å². The molecule has 0 saturated heterocycles. The smallest absolute Gasteiger partial charge is 0.309 e. The summed E-state index contributed by atoms with van der Waals surface area (Å²) in [5, 5.41) is 8.90. The normalized spacial score (nSPS) is 11.6. The van der Waals surface area contributed by atoms with Crippen LogP contribution in [-0.2, 0) is 18.3 Å². The van der Waals surface area contributed by atoms with Gasteiger partial charge < -0.3 is 9.67 Å². The van der Waals surface area contributed by atoms with Crippen molar-refractivity contribution in [1.29, 1.82) is 0 Å². The molecule has 3 rings (SSSR count). The highest BCUT2D eigenvalue weighted by Crippen LogP contribution is 2.29. The van der Waals surface area contributed by atoms with Crippen molar-refractivity contribution in [2.75, 3.05) is 0 Å². The van der Waals surface area contributed by atoms with Gasteiger partial charge in [-0.15, -0.1) is 0 Å². The van der Waals surface area contributed by atoms with Crippen molar-refractivity contribution in [3.05, 3.63) is 34.1 Å². The average molecular weight is 344 g/mol. The topological polar surface area (TPSA) is 59.5 Å². The minimum atomic E-state index is -1.00. The fraction of sp³-hybridized carbons (Fsp3) is 0.167. The van der Waals surface area contributed by atoms with Crippen LogP contribution in [0.2, 0.25) is 0 Å². The Balaban J connectivity index is 2.43. The first-order chi connectivity index (χ1) is 9.40. The molecule has 0 spiro atoms. The molecule has 0 aliphatic rings. The van der Waals surface area contributed by atoms with Crippen molar-refractivity contribution in [1.82, 2.24) is 14.0 Å². The first-order valence-electron chi connectivity index (χ1n) is 5.62. The first kappa shape index (κ1) is 13.0. The molecule has 0 unspecified atom stereocenters. The molecule has 0 aliphatic carbocycles. The molecule has 8 heteroatoms. The second-order valence-electron chi connectivity index (χ2n) is 4.37. The van der Waals surface area contributed by atoms with Crippen LogP contribution in [0.4, 0.5) is 8.78 Å². The quantitative estimate of drug-likeness (QED) is 0.777. The summed E-state index contributed by atoms with van der Waals surface area (Å²) in [5.74, 6) is -2.13. The molecule has 2 aromatic heterocycles. The fourth-order valence-electron chi connectivity index (χ4n) is 2.23. The molecule has 1 N–H and O–H groups in total. The molecular weight excluding hydrogens is 336 g/mol. The van der Waals surface area contributed by atoms with E-state index in [0.29, 0.717) is 16.1 Å². The lowest BCUT2D eigenvalue weighted by Gasteiger charge is -2.00. The number of aromatic nitrogens is 3. The number of hydrogen-bond acceptors (Lipinski definition) is 2. The van der Waals surface area contributed by atoms with E-state index in [9.17, 15) is 13.6 Å². The Morgan fingerprint density at radius 1 is 1.45 bits per heavy atom. The van der Waals surface area contributed by atoms with E-state index >= 15 is 0 Å². The first-order valence-corrected chi connectivity index (χ1v) is 6.41. The van der Waals surface area contributed by atoms with Crippen LogP contribution in [0.25, 0.3) is 16.8 Å². The van der Waals surface area contributed by atoms with Crippen molar-refractivity contribution >= 4 is 38.7 Å². The number of nitrogens with zero attached hydrogens (tertiary/aromatic N) is 3. The van der Waals surface area contributed by atoms with E-state index in [1.165, 1.54) is 8.97 Å². The number of hydrogen-bond donors (Lipinski definition) is 1. The SMILES string of the molecule is Cn1c(CC(=O)O)c(Br)n2c3cc(F)cc(F)c3nc12. The number of benzene rings is 1. The molecule has 1 aromatic carbocycles. The van der Waals surface area contributed by atoms with Gasteiger partial charge in [0.05, 0.1) is 17.6 Å². The number of carbonyl (C=O) groups is 1. The number of halogens is 3. The summed E-state index contributed by atoms with van der Waals surface area (Å²) in [6, 6.07) is 1.93. The summed E-state index contributed by atoms with van der Waals surface area (Å²) in [5.41, 5.74) is 0.753. The van der Waals surface area contributed by atoms with Crippen LogP contribution in [0.1, 0.15) is 5.69 Å². The molecule has 0 amide bonds. The molecule has 3 aromatic rings. The Hall–Kier alpha value is -1.96. The highest BCUT2D eigenvalue weighted by Gasteiger charge is 2.21. The lowest BCUT2D eigenvalue weighted by Crippen LogP contribution is -2.06. The van der Waals surface area contributed by atoms with Crippen molar-refractivity contribution in [3.8, 4) is 0 Å². The van der Waals surface area contributed by atoms with Gasteiger partial charge in [0.25, 0.3) is 0 Å². The third-order valence-corrected chi connectivity index (χ3v) is 3.93. The highest BCUT2D eigenvalue weighted by atomic mass is 79.9. The van der Waals surface area contributed by atoms with Gasteiger partial charge in [-0.1, -0.05) is 0 Å². The summed E-state index contributed by atoms with van der Waals surface area (Å²) in [6.07, 6.45) is -0.222. The largest absolute Gasteiger partial charge is 0.481 e. The molecule has 0 bridgehead atoms. The van der Waals surface area contributed by atoms with Gasteiger partial charge in [0, 0.05) is 19.2 Å². The van der Waals surface area contributed by atoms with E-state index in [4.69, 9.17) is 5.11 Å². The van der Waals surface area contributed by atoms with Gasteiger partial charge in [0.2, 0.25) is 5.78 Å². The predicted molar refractivity (Wildman–Crippen MR) is 70.6 cm³/mol. The van der Waals surface area contributed by atoms with Crippen molar-refractivity contribution in [2.24, 2.45) is 7.05 Å². The number of aliphatic carboxylic acids is 1. The minimum absolute atomic E-state index is 0.0413. The van der Waals surface area contributed by atoms with Crippen molar-refractivity contribution in [3.63, 3.8) is 0 Å². The zero-order valence-electron chi connectivity index (χ0n) is 10.2. The maximum absolute atomic E-state index is 13.7. The molecule has 5 nitrogen and oxygen atoms in total. The van der Waals surface area contributed by atoms with E-state index in [0.717, 1.165) is 12.1 Å². The number of aryl methyl sites for hydroxylation is 1. The third-order valence-electron chi connectivity index (χ3n) is 3.12. The lowest BCUT2D eigenvalue weighted by molar-refractivity contribution is -0.136. The van der Waals surface area contributed by atoms with Crippen LogP contribution >= 0.6 is 15.9 Å². The lowest BCUT2D eigenvalue weighted by atomic mass is 10.3. The Bertz CT molecular complexity index is 869. The number of rotatable bonds is 2. The highest BCUT2D eigenvalue weighted by molar-refractivity contribution is 9.10. The van der Waals surface area contributed by atoms with Crippen LogP contribution in [0.15, 0.2) is 16.7 Å². The second kappa shape index (κ2) is 4.27. The summed E-state index contributed by atoms with van der Waals surface area (Å²) in [6.45, 7) is 0. The number of carboxylic acid groups (broad SMARTS) is 1. The summed E-state index contributed by atoms with van der Waals surface area (Å²) in [7, 11) is 1.62. The van der Waals surface area contributed by atoms with Crippen LogP contribution in [-0.4, -0.2) is 25.0 Å². The standard InChI is InChI=1S/C12H8BrF2N3O2/c1-17-8(4-9(19)20)11(13)18-7-3-5(14)2-6(15)10(7)16-12(17)18/h2-3H,4H2,1H3,(H,19,20). The molecule has 0 aliphatic heterocycles. The molecule has 0 radical (unpaired) electrons. The zero-order valence-corrected chi connectivity index (χ0v) is 11.8. The maximum Gasteiger partial charge on any atom is 0.309 e. The number of imidazole rings is 2. The molecule has 2 heterocycles. The monoisotopic (exact) mass is 343 g/mol. The Morgan fingerprint density at radius 2 is 2.15 bits per heavy atom. The Labute approximate surface area is 119 Å². The fourth-order valence-corrected chi connectivity index (χ4v) is 2.99. The molecular formula is C12H8BrF2N3O2. The maximum atomic E-state index is 13.7. The average Bonchev–Trinajstić information content (AvgIpc) is 2.82. The van der Waals surface area contributed by atoms with Crippen LogP contribution in [0.3, 0.4) is 0 Å². The Kier molecular flexibility index (Phi) is 2.79. The molecule has 0 saturated carbocycles. The van der Waals surface area contributed by atoms with Crippen LogP contribution < -0.4 is 0 Å². The van der Waals surface area contributed by atoms with Gasteiger partial charge in [-0.3, -0.25) is 9.20 Å². The van der Waals surface area contributed by atoms with E-state index < -0.39 is 17.6 Å². The van der Waals surface area contributed by atoms with Gasteiger partial charge in [-0.05, 0) is 15.9 Å². The van der Waals surface area contributed by atoms with Crippen LogP contribution in [0.5, 0.6) is 0 Å². The molecule has 0 fully saturated rings. The summed E-state index contributed by atoms with van der Waals surface area (Å²) < 4.78 is 30.5. The summed E-state index contributed by atoms with van der Waals surface area (Å²) in [4.78, 5) is 15.0. The van der Waals surface area contributed by atoms with Gasteiger partial charge in [-0.2, -0.15) is 0 Å². The van der Waals surface area contributed by atoms with E-state index in [2.05, 4.69) is 20.9 Å². The second-order valence-corrected chi connectivity index (χ2v) is 5.12. The van der Waals surface area contributed by atoms with E-state index in [1.807, 2.05) is 0 Å². The summed E-state index contributed by atoms with van der Waals surface area (Å²) >= 11 is 3.27. The molecule has 20 heavy (non-hydrogen) atoms. The van der Waals surface area contributed by atoms with Crippen LogP contribution in [0, 0.1) is 11.6 Å². The van der Waals surface area contributed by atoms with Gasteiger partial charge in [-0.25, -0.2) is 13.8 Å². The molecule has 104 valence electrons. The van der Waals surface area contributed by atoms with Crippen molar-refractivity contribution in [2.45, 2.75) is 6.42 Å². The number of carboxylic acids is 1. The van der Waals surface area contributed by atoms with Crippen molar-refractivity contribution < 1.29 is 18.7 Å². The van der Waals surface area contributed by atoms with Gasteiger partial charge >= 0.3 is 5.97 Å². The number of fused-ring (bicyclic) bond motifs is 3.